The predicted molar refractivity (Wildman–Crippen MR) is 71.8 cm³/mol. The van der Waals surface area contributed by atoms with E-state index in [-0.39, 0.29) is 32.0 Å². The summed E-state index contributed by atoms with van der Waals surface area (Å²) in [6.07, 6.45) is 1.18. The van der Waals surface area contributed by atoms with E-state index in [9.17, 15) is 0 Å². The average molecular weight is 280 g/mol. The first-order valence-electron chi connectivity index (χ1n) is 6.70. The zero-order valence-electron chi connectivity index (χ0n) is 11.5. The minimum atomic E-state index is -0.159. The molecule has 19 heavy (non-hydrogen) atoms. The second kappa shape index (κ2) is 14.1. The van der Waals surface area contributed by atoms with E-state index in [1.165, 1.54) is 0 Å². The highest BCUT2D eigenvalue weighted by atomic mass is 16.5. The molecule has 6 N–H and O–H groups in total. The van der Waals surface area contributed by atoms with Crippen molar-refractivity contribution in [2.75, 3.05) is 52.8 Å². The fraction of sp³-hybridized carbons (Fsp3) is 1.00. The number of ether oxygens (including phenoxy) is 3. The molecule has 0 bridgehead atoms. The highest BCUT2D eigenvalue weighted by Crippen LogP contribution is 2.06. The van der Waals surface area contributed by atoms with Gasteiger partial charge >= 0.3 is 0 Å². The summed E-state index contributed by atoms with van der Waals surface area (Å²) in [5, 5.41) is 17.2. The Hall–Kier alpha value is -0.280. The molecule has 0 aliphatic rings. The molecule has 7 heteroatoms. The third kappa shape index (κ3) is 11.3. The van der Waals surface area contributed by atoms with Crippen molar-refractivity contribution in [2.24, 2.45) is 11.5 Å². The van der Waals surface area contributed by atoms with Crippen LogP contribution in [0.4, 0.5) is 0 Å². The van der Waals surface area contributed by atoms with Gasteiger partial charge in [-0.05, 0) is 19.4 Å². The highest BCUT2D eigenvalue weighted by Gasteiger charge is 2.17. The van der Waals surface area contributed by atoms with Gasteiger partial charge in [-0.15, -0.1) is 0 Å². The Balaban J connectivity index is 3.58. The Labute approximate surface area is 114 Å². The van der Waals surface area contributed by atoms with Gasteiger partial charge in [0, 0.05) is 12.6 Å². The largest absolute Gasteiger partial charge is 0.394 e. The van der Waals surface area contributed by atoms with Crippen LogP contribution in [0.5, 0.6) is 0 Å². The van der Waals surface area contributed by atoms with E-state index in [1.54, 1.807) is 0 Å². The lowest BCUT2D eigenvalue weighted by molar-refractivity contribution is -0.00230. The quantitative estimate of drug-likeness (QED) is 0.284. The summed E-state index contributed by atoms with van der Waals surface area (Å²) >= 11 is 0. The highest BCUT2D eigenvalue weighted by molar-refractivity contribution is 4.74. The molecule has 0 aromatic carbocycles. The first-order chi connectivity index (χ1) is 9.26. The van der Waals surface area contributed by atoms with Crippen LogP contribution in [0.1, 0.15) is 12.8 Å². The first kappa shape index (κ1) is 18.7. The molecule has 2 unspecified atom stereocenters. The minimum Gasteiger partial charge on any atom is -0.394 e. The van der Waals surface area contributed by atoms with Crippen molar-refractivity contribution < 1.29 is 24.4 Å². The number of aliphatic hydroxyl groups excluding tert-OH is 2. The Bertz CT molecular complexity index is 186. The molecule has 0 saturated heterocycles. The minimum absolute atomic E-state index is 0.0213. The lowest BCUT2D eigenvalue weighted by Gasteiger charge is -2.23. The van der Waals surface area contributed by atoms with E-state index >= 15 is 0 Å². The zero-order chi connectivity index (χ0) is 14.3. The van der Waals surface area contributed by atoms with E-state index in [0.717, 1.165) is 0 Å². The van der Waals surface area contributed by atoms with Crippen molar-refractivity contribution in [3.8, 4) is 0 Å². The van der Waals surface area contributed by atoms with Crippen LogP contribution >= 0.6 is 0 Å². The third-order valence-electron chi connectivity index (χ3n) is 2.56. The van der Waals surface area contributed by atoms with Crippen LogP contribution in [-0.2, 0) is 14.2 Å². The summed E-state index contributed by atoms with van der Waals surface area (Å²) in [5.41, 5.74) is 11.5. The van der Waals surface area contributed by atoms with Gasteiger partial charge in [0.25, 0.3) is 0 Å². The molecule has 0 aromatic heterocycles. The predicted octanol–water partition coefficient (Wildman–Crippen LogP) is -1.54. The molecular weight excluding hydrogens is 252 g/mol. The fourth-order valence-electron chi connectivity index (χ4n) is 1.58. The van der Waals surface area contributed by atoms with E-state index in [1.807, 2.05) is 0 Å². The Kier molecular flexibility index (Phi) is 13.9. The summed E-state index contributed by atoms with van der Waals surface area (Å²) in [6, 6.07) is -0.159. The number of hydrogen-bond donors (Lipinski definition) is 4. The lowest BCUT2D eigenvalue weighted by atomic mass is 10.1. The van der Waals surface area contributed by atoms with Gasteiger partial charge in [0.05, 0.1) is 45.7 Å². The molecule has 116 valence electrons. The summed E-state index contributed by atoms with van der Waals surface area (Å²) in [7, 11) is 0. The molecule has 0 radical (unpaired) electrons. The van der Waals surface area contributed by atoms with E-state index in [2.05, 4.69) is 0 Å². The van der Waals surface area contributed by atoms with Crippen molar-refractivity contribution in [3.63, 3.8) is 0 Å². The van der Waals surface area contributed by atoms with Crippen molar-refractivity contribution in [1.29, 1.82) is 0 Å². The van der Waals surface area contributed by atoms with Crippen molar-refractivity contribution in [2.45, 2.75) is 25.0 Å². The topological polar surface area (TPSA) is 120 Å². The Morgan fingerprint density at radius 3 is 2.05 bits per heavy atom. The summed E-state index contributed by atoms with van der Waals surface area (Å²) in [6.45, 7) is 2.56. The van der Waals surface area contributed by atoms with Crippen LogP contribution in [0.25, 0.3) is 0 Å². The molecule has 0 spiro atoms. The van der Waals surface area contributed by atoms with Crippen molar-refractivity contribution >= 4 is 0 Å². The second-order valence-electron chi connectivity index (χ2n) is 4.11. The van der Waals surface area contributed by atoms with E-state index in [0.29, 0.717) is 45.8 Å². The molecule has 0 fully saturated rings. The van der Waals surface area contributed by atoms with E-state index in [4.69, 9.17) is 35.9 Å². The van der Waals surface area contributed by atoms with Crippen LogP contribution < -0.4 is 11.5 Å². The monoisotopic (exact) mass is 280 g/mol. The molecule has 7 nitrogen and oxygen atoms in total. The maximum absolute atomic E-state index is 8.73. The Morgan fingerprint density at radius 2 is 1.47 bits per heavy atom. The van der Waals surface area contributed by atoms with Gasteiger partial charge in [-0.25, -0.2) is 0 Å². The van der Waals surface area contributed by atoms with Gasteiger partial charge in [0.2, 0.25) is 0 Å². The van der Waals surface area contributed by atoms with Crippen LogP contribution in [0.3, 0.4) is 0 Å². The van der Waals surface area contributed by atoms with Crippen LogP contribution in [0.2, 0.25) is 0 Å². The fourth-order valence-corrected chi connectivity index (χ4v) is 1.58. The van der Waals surface area contributed by atoms with Crippen molar-refractivity contribution in [3.05, 3.63) is 0 Å². The standard InChI is InChI=1S/C12H28N2O5/c13-3-1-12(19-8-5-16)11(14)2-6-17-9-10-18-7-4-15/h11-12,15-16H,1-10,13-14H2. The number of hydrogen-bond acceptors (Lipinski definition) is 7. The molecule has 0 aromatic rings. The molecule has 0 aliphatic carbocycles. The molecule has 0 amide bonds. The molecule has 0 aliphatic heterocycles. The van der Waals surface area contributed by atoms with Gasteiger partial charge < -0.3 is 35.9 Å². The number of aliphatic hydroxyl groups is 2. The van der Waals surface area contributed by atoms with Crippen LogP contribution in [0.15, 0.2) is 0 Å². The first-order valence-corrected chi connectivity index (χ1v) is 6.70. The summed E-state index contributed by atoms with van der Waals surface area (Å²) < 4.78 is 15.9. The number of rotatable bonds is 14. The normalized spacial score (nSPS) is 14.5. The Morgan fingerprint density at radius 1 is 0.842 bits per heavy atom. The maximum atomic E-state index is 8.73. The van der Waals surface area contributed by atoms with Gasteiger partial charge in [0.1, 0.15) is 0 Å². The van der Waals surface area contributed by atoms with Gasteiger partial charge in [-0.2, -0.15) is 0 Å². The zero-order valence-corrected chi connectivity index (χ0v) is 11.5. The van der Waals surface area contributed by atoms with Crippen LogP contribution in [-0.4, -0.2) is 75.2 Å². The SMILES string of the molecule is NCCC(OCCO)C(N)CCOCCOCCO. The third-order valence-corrected chi connectivity index (χ3v) is 2.56. The average Bonchev–Trinajstić information content (AvgIpc) is 2.42. The smallest absolute Gasteiger partial charge is 0.0739 e. The summed E-state index contributed by atoms with van der Waals surface area (Å²) in [4.78, 5) is 0. The van der Waals surface area contributed by atoms with Gasteiger partial charge in [0.15, 0.2) is 0 Å². The molecule has 0 saturated carbocycles. The van der Waals surface area contributed by atoms with Crippen LogP contribution in [0, 0.1) is 0 Å². The number of nitrogens with two attached hydrogens (primary N) is 2. The summed E-state index contributed by atoms with van der Waals surface area (Å²) in [5.74, 6) is 0. The lowest BCUT2D eigenvalue weighted by Crippen LogP contribution is -2.39. The molecule has 0 rings (SSSR count). The van der Waals surface area contributed by atoms with Crippen molar-refractivity contribution in [1.82, 2.24) is 0 Å². The molecule has 2 atom stereocenters. The molecular formula is C12H28N2O5. The molecule has 0 heterocycles. The second-order valence-corrected chi connectivity index (χ2v) is 4.11. The van der Waals surface area contributed by atoms with Gasteiger partial charge in [-0.1, -0.05) is 0 Å². The maximum Gasteiger partial charge on any atom is 0.0739 e. The van der Waals surface area contributed by atoms with E-state index < -0.39 is 0 Å². The van der Waals surface area contributed by atoms with Gasteiger partial charge in [-0.3, -0.25) is 0 Å².